The van der Waals surface area contributed by atoms with Crippen molar-refractivity contribution in [2.75, 3.05) is 0 Å². The van der Waals surface area contributed by atoms with Gasteiger partial charge in [0, 0.05) is 12.8 Å². The van der Waals surface area contributed by atoms with Crippen LogP contribution in [0.25, 0.3) is 0 Å². The molecule has 2 aromatic heterocycles. The Bertz CT molecular complexity index is 549. The van der Waals surface area contributed by atoms with E-state index in [1.807, 2.05) is 12.1 Å². The highest BCUT2D eigenvalue weighted by molar-refractivity contribution is 5.07. The predicted octanol–water partition coefficient (Wildman–Crippen LogP) is 2.81. The summed E-state index contributed by atoms with van der Waals surface area (Å²) in [6, 6.07) is 3.83. The summed E-state index contributed by atoms with van der Waals surface area (Å²) in [5.41, 5.74) is 6.06. The molecule has 108 valence electrons. The van der Waals surface area contributed by atoms with Gasteiger partial charge in [0.15, 0.2) is 5.82 Å². The van der Waals surface area contributed by atoms with E-state index in [2.05, 4.69) is 17.1 Å². The van der Waals surface area contributed by atoms with Gasteiger partial charge in [-0.25, -0.2) is 0 Å². The van der Waals surface area contributed by atoms with E-state index in [1.165, 1.54) is 6.42 Å². The number of rotatable bonds is 4. The minimum absolute atomic E-state index is 0.413. The maximum Gasteiger partial charge on any atom is 0.227 e. The SMILES string of the molecule is CC1CCCC(N)(c2noc(CCc3ccco3)n2)C1. The van der Waals surface area contributed by atoms with Crippen LogP contribution in [0, 0.1) is 5.92 Å². The monoisotopic (exact) mass is 275 g/mol. The Hall–Kier alpha value is -1.62. The summed E-state index contributed by atoms with van der Waals surface area (Å²) in [6.07, 6.45) is 7.37. The van der Waals surface area contributed by atoms with Crippen molar-refractivity contribution in [1.82, 2.24) is 10.1 Å². The fraction of sp³-hybridized carbons (Fsp3) is 0.600. The molecule has 2 unspecified atom stereocenters. The number of aryl methyl sites for hydroxylation is 2. The van der Waals surface area contributed by atoms with Crippen LogP contribution in [0.15, 0.2) is 27.3 Å². The molecule has 2 N–H and O–H groups in total. The molecule has 5 heteroatoms. The first-order valence-corrected chi connectivity index (χ1v) is 7.30. The Morgan fingerprint density at radius 1 is 1.45 bits per heavy atom. The highest BCUT2D eigenvalue weighted by Crippen LogP contribution is 2.36. The highest BCUT2D eigenvalue weighted by Gasteiger charge is 2.36. The maximum absolute atomic E-state index is 6.47. The van der Waals surface area contributed by atoms with Crippen molar-refractivity contribution < 1.29 is 8.94 Å². The van der Waals surface area contributed by atoms with Gasteiger partial charge in [-0.05, 0) is 30.9 Å². The van der Waals surface area contributed by atoms with Crippen molar-refractivity contribution in [2.45, 2.75) is 51.0 Å². The molecule has 0 amide bonds. The molecule has 2 atom stereocenters. The van der Waals surface area contributed by atoms with Crippen LogP contribution in [-0.2, 0) is 18.4 Å². The van der Waals surface area contributed by atoms with Gasteiger partial charge in [-0.1, -0.05) is 24.9 Å². The fourth-order valence-corrected chi connectivity index (χ4v) is 3.04. The van der Waals surface area contributed by atoms with Gasteiger partial charge in [0.05, 0.1) is 11.8 Å². The third kappa shape index (κ3) is 2.77. The molecule has 0 bridgehead atoms. The number of hydrogen-bond donors (Lipinski definition) is 1. The lowest BCUT2D eigenvalue weighted by molar-refractivity contribution is 0.221. The predicted molar refractivity (Wildman–Crippen MR) is 73.9 cm³/mol. The van der Waals surface area contributed by atoms with Crippen molar-refractivity contribution in [3.05, 3.63) is 35.9 Å². The zero-order valence-electron chi connectivity index (χ0n) is 11.8. The first kappa shape index (κ1) is 13.4. The molecule has 0 aromatic carbocycles. The normalized spacial score (nSPS) is 26.8. The second kappa shape index (κ2) is 5.40. The van der Waals surface area contributed by atoms with E-state index in [0.29, 0.717) is 24.1 Å². The summed E-state index contributed by atoms with van der Waals surface area (Å²) in [6.45, 7) is 2.23. The molecule has 0 saturated heterocycles. The molecule has 5 nitrogen and oxygen atoms in total. The van der Waals surface area contributed by atoms with E-state index in [0.717, 1.165) is 31.4 Å². The van der Waals surface area contributed by atoms with Gasteiger partial charge in [-0.15, -0.1) is 0 Å². The summed E-state index contributed by atoms with van der Waals surface area (Å²) in [4.78, 5) is 4.50. The molecule has 1 fully saturated rings. The van der Waals surface area contributed by atoms with Crippen molar-refractivity contribution >= 4 is 0 Å². The van der Waals surface area contributed by atoms with Crippen LogP contribution >= 0.6 is 0 Å². The van der Waals surface area contributed by atoms with Crippen LogP contribution in [0.2, 0.25) is 0 Å². The van der Waals surface area contributed by atoms with Crippen LogP contribution in [-0.4, -0.2) is 10.1 Å². The molecular weight excluding hydrogens is 254 g/mol. The average molecular weight is 275 g/mol. The number of hydrogen-bond acceptors (Lipinski definition) is 5. The summed E-state index contributed by atoms with van der Waals surface area (Å²) in [7, 11) is 0. The third-order valence-electron chi connectivity index (χ3n) is 4.11. The number of nitrogens with zero attached hydrogens (tertiary/aromatic N) is 2. The quantitative estimate of drug-likeness (QED) is 0.928. The van der Waals surface area contributed by atoms with Gasteiger partial charge >= 0.3 is 0 Å². The van der Waals surface area contributed by atoms with Gasteiger partial charge in [0.1, 0.15) is 5.76 Å². The molecule has 3 rings (SSSR count). The zero-order valence-corrected chi connectivity index (χ0v) is 11.8. The minimum atomic E-state index is -0.413. The lowest BCUT2D eigenvalue weighted by atomic mass is 9.76. The molecule has 20 heavy (non-hydrogen) atoms. The van der Waals surface area contributed by atoms with E-state index in [4.69, 9.17) is 14.7 Å². The fourth-order valence-electron chi connectivity index (χ4n) is 3.04. The highest BCUT2D eigenvalue weighted by atomic mass is 16.5. The van der Waals surface area contributed by atoms with Crippen LogP contribution in [0.5, 0.6) is 0 Å². The van der Waals surface area contributed by atoms with E-state index < -0.39 is 5.54 Å². The summed E-state index contributed by atoms with van der Waals surface area (Å²) >= 11 is 0. The standard InChI is InChI=1S/C15H21N3O2/c1-11-4-2-8-15(16,10-11)14-17-13(20-18-14)7-6-12-5-3-9-19-12/h3,5,9,11H,2,4,6-8,10,16H2,1H3. The molecule has 1 saturated carbocycles. The summed E-state index contributed by atoms with van der Waals surface area (Å²) in [5.74, 6) is 2.86. The first-order chi connectivity index (χ1) is 9.66. The Morgan fingerprint density at radius 2 is 2.35 bits per heavy atom. The summed E-state index contributed by atoms with van der Waals surface area (Å²) in [5, 5.41) is 4.10. The Kier molecular flexibility index (Phi) is 3.61. The molecule has 0 spiro atoms. The van der Waals surface area contributed by atoms with Crippen molar-refractivity contribution in [3.63, 3.8) is 0 Å². The van der Waals surface area contributed by atoms with E-state index in [-0.39, 0.29) is 0 Å². The molecule has 2 aromatic rings. The number of furan rings is 1. The summed E-state index contributed by atoms with van der Waals surface area (Å²) < 4.78 is 10.6. The topological polar surface area (TPSA) is 78.1 Å². The molecular formula is C15H21N3O2. The largest absolute Gasteiger partial charge is 0.469 e. The van der Waals surface area contributed by atoms with Crippen LogP contribution in [0.4, 0.5) is 0 Å². The Labute approximate surface area is 118 Å². The van der Waals surface area contributed by atoms with E-state index in [1.54, 1.807) is 6.26 Å². The molecule has 2 heterocycles. The smallest absolute Gasteiger partial charge is 0.227 e. The lowest BCUT2D eigenvalue weighted by Crippen LogP contribution is -2.42. The Balaban J connectivity index is 1.66. The Morgan fingerprint density at radius 3 is 3.10 bits per heavy atom. The first-order valence-electron chi connectivity index (χ1n) is 7.30. The number of aromatic nitrogens is 2. The van der Waals surface area contributed by atoms with Gasteiger partial charge in [0.2, 0.25) is 5.89 Å². The third-order valence-corrected chi connectivity index (χ3v) is 4.11. The van der Waals surface area contributed by atoms with Gasteiger partial charge in [-0.3, -0.25) is 0 Å². The minimum Gasteiger partial charge on any atom is -0.469 e. The molecule has 1 aliphatic carbocycles. The van der Waals surface area contributed by atoms with Gasteiger partial charge < -0.3 is 14.7 Å². The van der Waals surface area contributed by atoms with Crippen molar-refractivity contribution in [1.29, 1.82) is 0 Å². The van der Waals surface area contributed by atoms with Crippen LogP contribution in [0.1, 0.15) is 50.1 Å². The van der Waals surface area contributed by atoms with Gasteiger partial charge in [0.25, 0.3) is 0 Å². The molecule has 0 aliphatic heterocycles. The van der Waals surface area contributed by atoms with E-state index >= 15 is 0 Å². The van der Waals surface area contributed by atoms with Gasteiger partial charge in [-0.2, -0.15) is 4.98 Å². The lowest BCUT2D eigenvalue weighted by Gasteiger charge is -2.33. The van der Waals surface area contributed by atoms with Crippen LogP contribution in [0.3, 0.4) is 0 Å². The molecule has 1 aliphatic rings. The second-order valence-corrected chi connectivity index (χ2v) is 5.95. The van der Waals surface area contributed by atoms with E-state index in [9.17, 15) is 0 Å². The second-order valence-electron chi connectivity index (χ2n) is 5.95. The van der Waals surface area contributed by atoms with Crippen molar-refractivity contribution in [2.24, 2.45) is 11.7 Å². The maximum atomic E-state index is 6.47. The van der Waals surface area contributed by atoms with Crippen molar-refractivity contribution in [3.8, 4) is 0 Å². The zero-order chi connectivity index (χ0) is 14.0. The average Bonchev–Trinajstić information content (AvgIpc) is 3.08. The van der Waals surface area contributed by atoms with Crippen LogP contribution < -0.4 is 5.73 Å². The molecule has 0 radical (unpaired) electrons. The number of nitrogens with two attached hydrogens (primary N) is 1.